The fraction of sp³-hybridized carbons (Fsp3) is 0.533. The Hall–Kier alpha value is -2.64. The van der Waals surface area contributed by atoms with Gasteiger partial charge >= 0.3 is 6.36 Å². The number of fused-ring (bicyclic) bond motifs is 1. The average Bonchev–Trinajstić information content (AvgIpc) is 2.98. The van der Waals surface area contributed by atoms with Crippen LogP contribution in [-0.2, 0) is 10.0 Å². The van der Waals surface area contributed by atoms with Gasteiger partial charge in [0.05, 0.1) is 5.52 Å². The summed E-state index contributed by atoms with van der Waals surface area (Å²) in [6.45, 7) is 1.76. The molecule has 0 unspecified atom stereocenters. The zero-order valence-corrected chi connectivity index (χ0v) is 26.2. The molecule has 8 nitrogen and oxygen atoms in total. The second kappa shape index (κ2) is 14.0. The first-order valence-electron chi connectivity index (χ1n) is 14.9. The molecule has 0 spiro atoms. The van der Waals surface area contributed by atoms with Gasteiger partial charge in [-0.2, -0.15) is 4.98 Å². The average molecular weight is 685 g/mol. The molecule has 234 valence electrons. The largest absolute Gasteiger partial charge is 0.573 e. The van der Waals surface area contributed by atoms with Gasteiger partial charge in [0.2, 0.25) is 16.0 Å². The lowest BCUT2D eigenvalue weighted by atomic mass is 9.82. The van der Waals surface area contributed by atoms with Crippen LogP contribution in [0.5, 0.6) is 5.75 Å². The molecule has 0 atom stereocenters. The fourth-order valence-electron chi connectivity index (χ4n) is 6.01. The maximum atomic E-state index is 12.9. The highest BCUT2D eigenvalue weighted by molar-refractivity contribution is 9.10. The number of aromatic nitrogens is 2. The van der Waals surface area contributed by atoms with Crippen LogP contribution >= 0.6 is 15.9 Å². The standard InChI is InChI=1S/C30H37BrF3N5O3S/c31-23-14-15-27(26(16-23)42-30(32,33)34)43(40,41)37-19-22-12-10-21(11-13-22)18-36-29-38-25-9-5-4-8-24(25)28(39-29)35-17-20-6-2-1-3-7-20/h4-5,8-9,14-16,20-22,37H,1-3,6-7,10-13,17-19H2,(H2,35,36,38,39). The number of sulfonamides is 1. The molecular formula is C30H37BrF3N5O3S. The highest BCUT2D eigenvalue weighted by Crippen LogP contribution is 2.34. The number of ether oxygens (including phenoxy) is 1. The summed E-state index contributed by atoms with van der Waals surface area (Å²) in [5.41, 5.74) is 0.886. The summed E-state index contributed by atoms with van der Waals surface area (Å²) in [7, 11) is -4.20. The molecular weight excluding hydrogens is 647 g/mol. The SMILES string of the molecule is O=S(=O)(NCC1CCC(CNc2nc(NCC3CCCCC3)c3ccccc3n2)CC1)c1ccc(Br)cc1OC(F)(F)F. The summed E-state index contributed by atoms with van der Waals surface area (Å²) in [6.07, 6.45) is 4.78. The molecule has 3 N–H and O–H groups in total. The lowest BCUT2D eigenvalue weighted by molar-refractivity contribution is -0.275. The van der Waals surface area contributed by atoms with E-state index in [1.165, 1.54) is 38.2 Å². The third kappa shape index (κ3) is 8.95. The lowest BCUT2D eigenvalue weighted by Crippen LogP contribution is -2.33. The number of para-hydroxylation sites is 1. The van der Waals surface area contributed by atoms with Crippen molar-refractivity contribution in [1.29, 1.82) is 0 Å². The Labute approximate surface area is 258 Å². The molecule has 43 heavy (non-hydrogen) atoms. The molecule has 0 saturated heterocycles. The molecule has 0 aliphatic heterocycles. The van der Waals surface area contributed by atoms with Crippen molar-refractivity contribution in [3.8, 4) is 5.75 Å². The number of benzene rings is 2. The molecule has 2 saturated carbocycles. The molecule has 2 fully saturated rings. The van der Waals surface area contributed by atoms with E-state index in [9.17, 15) is 21.6 Å². The minimum Gasteiger partial charge on any atom is -0.404 e. The van der Waals surface area contributed by atoms with Crippen molar-refractivity contribution in [3.63, 3.8) is 0 Å². The van der Waals surface area contributed by atoms with E-state index in [-0.39, 0.29) is 16.9 Å². The monoisotopic (exact) mass is 683 g/mol. The summed E-state index contributed by atoms with van der Waals surface area (Å²) in [4.78, 5) is 8.99. The first kappa shape index (κ1) is 31.8. The van der Waals surface area contributed by atoms with E-state index in [4.69, 9.17) is 9.97 Å². The molecule has 1 heterocycles. The number of nitrogens with zero attached hydrogens (tertiary/aromatic N) is 2. The van der Waals surface area contributed by atoms with Crippen molar-refractivity contribution in [2.75, 3.05) is 30.3 Å². The van der Waals surface area contributed by atoms with Crippen LogP contribution in [0.25, 0.3) is 10.9 Å². The van der Waals surface area contributed by atoms with Crippen LogP contribution in [0.15, 0.2) is 51.8 Å². The van der Waals surface area contributed by atoms with Crippen molar-refractivity contribution >= 4 is 48.6 Å². The highest BCUT2D eigenvalue weighted by Gasteiger charge is 2.34. The zero-order valence-electron chi connectivity index (χ0n) is 23.8. The predicted molar refractivity (Wildman–Crippen MR) is 165 cm³/mol. The number of anilines is 2. The zero-order chi connectivity index (χ0) is 30.5. The van der Waals surface area contributed by atoms with Crippen LogP contribution in [0.1, 0.15) is 57.8 Å². The highest BCUT2D eigenvalue weighted by atomic mass is 79.9. The number of hydrogen-bond acceptors (Lipinski definition) is 7. The third-order valence-electron chi connectivity index (χ3n) is 8.38. The first-order valence-corrected chi connectivity index (χ1v) is 17.1. The maximum absolute atomic E-state index is 12.9. The Morgan fingerprint density at radius 3 is 2.21 bits per heavy atom. The van der Waals surface area contributed by atoms with Crippen molar-refractivity contribution < 1.29 is 26.3 Å². The normalized spacial score (nSPS) is 20.2. The third-order valence-corrected chi connectivity index (χ3v) is 10.3. The van der Waals surface area contributed by atoms with E-state index >= 15 is 0 Å². The van der Waals surface area contributed by atoms with Crippen LogP contribution < -0.4 is 20.1 Å². The Morgan fingerprint density at radius 1 is 0.837 bits per heavy atom. The second-order valence-electron chi connectivity index (χ2n) is 11.6. The van der Waals surface area contributed by atoms with Crippen LogP contribution in [0.4, 0.5) is 24.9 Å². The molecule has 1 aromatic heterocycles. The van der Waals surface area contributed by atoms with Crippen LogP contribution in [0.2, 0.25) is 0 Å². The van der Waals surface area contributed by atoms with Gasteiger partial charge in [0.15, 0.2) is 5.75 Å². The fourth-order valence-corrected chi connectivity index (χ4v) is 7.58. The van der Waals surface area contributed by atoms with Gasteiger partial charge in [0.1, 0.15) is 10.7 Å². The van der Waals surface area contributed by atoms with E-state index in [1.54, 1.807) is 0 Å². The van der Waals surface area contributed by atoms with Crippen LogP contribution in [0.3, 0.4) is 0 Å². The number of rotatable bonds is 11. The van der Waals surface area contributed by atoms with Gasteiger partial charge in [0.25, 0.3) is 0 Å². The Kier molecular flexibility index (Phi) is 10.3. The van der Waals surface area contributed by atoms with E-state index in [2.05, 4.69) is 36.0 Å². The summed E-state index contributed by atoms with van der Waals surface area (Å²) in [5.74, 6) is 1.80. The molecule has 2 aliphatic carbocycles. The summed E-state index contributed by atoms with van der Waals surface area (Å²) < 4.78 is 71.0. The lowest BCUT2D eigenvalue weighted by Gasteiger charge is -2.29. The van der Waals surface area contributed by atoms with Gasteiger partial charge in [0, 0.05) is 29.5 Å². The Balaban J connectivity index is 1.13. The maximum Gasteiger partial charge on any atom is 0.573 e. The molecule has 3 aromatic rings. The predicted octanol–water partition coefficient (Wildman–Crippen LogP) is 7.48. The van der Waals surface area contributed by atoms with Gasteiger partial charge in [-0.3, -0.25) is 0 Å². The molecule has 2 aromatic carbocycles. The van der Waals surface area contributed by atoms with Gasteiger partial charge in [-0.05, 0) is 86.6 Å². The number of hydrogen-bond donors (Lipinski definition) is 3. The van der Waals surface area contributed by atoms with E-state index < -0.39 is 27.0 Å². The van der Waals surface area contributed by atoms with E-state index in [1.807, 2.05) is 24.3 Å². The quantitative estimate of drug-likeness (QED) is 0.192. The minimum absolute atomic E-state index is 0.0842. The molecule has 0 bridgehead atoms. The van der Waals surface area contributed by atoms with Crippen molar-refractivity contribution in [2.24, 2.45) is 17.8 Å². The smallest absolute Gasteiger partial charge is 0.404 e. The summed E-state index contributed by atoms with van der Waals surface area (Å²) >= 11 is 3.06. The van der Waals surface area contributed by atoms with E-state index in [0.717, 1.165) is 61.1 Å². The number of alkyl halides is 3. The first-order chi connectivity index (χ1) is 20.6. The number of halogens is 4. The molecule has 13 heteroatoms. The van der Waals surface area contributed by atoms with Crippen molar-refractivity contribution in [2.45, 2.75) is 69.0 Å². The molecule has 0 amide bonds. The summed E-state index contributed by atoms with van der Waals surface area (Å²) in [6, 6.07) is 11.5. The molecule has 2 aliphatic rings. The van der Waals surface area contributed by atoms with Crippen molar-refractivity contribution in [3.05, 3.63) is 46.9 Å². The van der Waals surface area contributed by atoms with Gasteiger partial charge in [-0.25, -0.2) is 18.1 Å². The van der Waals surface area contributed by atoms with Gasteiger partial charge in [-0.15, -0.1) is 13.2 Å². The second-order valence-corrected chi connectivity index (χ2v) is 14.2. The topological polar surface area (TPSA) is 105 Å². The number of nitrogens with one attached hydrogen (secondary N) is 3. The minimum atomic E-state index is -5.01. The van der Waals surface area contributed by atoms with Gasteiger partial charge in [-0.1, -0.05) is 47.3 Å². The summed E-state index contributed by atoms with van der Waals surface area (Å²) in [5, 5.41) is 8.01. The van der Waals surface area contributed by atoms with Crippen LogP contribution in [-0.4, -0.2) is 44.4 Å². The van der Waals surface area contributed by atoms with Gasteiger partial charge < -0.3 is 15.4 Å². The van der Waals surface area contributed by atoms with Crippen molar-refractivity contribution in [1.82, 2.24) is 14.7 Å². The Morgan fingerprint density at radius 2 is 1.49 bits per heavy atom. The molecule has 5 rings (SSSR count). The Bertz CT molecular complexity index is 1490. The van der Waals surface area contributed by atoms with E-state index in [0.29, 0.717) is 24.3 Å². The van der Waals surface area contributed by atoms with Crippen LogP contribution in [0, 0.1) is 17.8 Å². The molecule has 0 radical (unpaired) electrons.